The van der Waals surface area contributed by atoms with Crippen LogP contribution in [0.4, 0.5) is 0 Å². The second kappa shape index (κ2) is 5.03. The molecule has 16 heavy (non-hydrogen) atoms. The molecule has 1 aliphatic carbocycles. The molecule has 0 aromatic heterocycles. The largest absolute Gasteiger partial charge is 0.378 e. The van der Waals surface area contributed by atoms with E-state index in [1.807, 2.05) is 0 Å². The Morgan fingerprint density at radius 2 is 2.12 bits per heavy atom. The Balaban J connectivity index is 1.56. The summed E-state index contributed by atoms with van der Waals surface area (Å²) in [7, 11) is 0. The van der Waals surface area contributed by atoms with Crippen molar-refractivity contribution in [2.45, 2.75) is 44.2 Å². The van der Waals surface area contributed by atoms with Crippen LogP contribution in [0.5, 0.6) is 0 Å². The Morgan fingerprint density at radius 3 is 3.00 bits per heavy atom. The van der Waals surface area contributed by atoms with Gasteiger partial charge in [-0.05, 0) is 38.1 Å². The van der Waals surface area contributed by atoms with Gasteiger partial charge >= 0.3 is 0 Å². The number of ether oxygens (including phenoxy) is 1. The minimum absolute atomic E-state index is 0.577. The van der Waals surface area contributed by atoms with Crippen molar-refractivity contribution in [2.24, 2.45) is 5.92 Å². The molecule has 0 aromatic rings. The van der Waals surface area contributed by atoms with Crippen LogP contribution in [-0.2, 0) is 4.74 Å². The number of rotatable bonds is 2. The van der Waals surface area contributed by atoms with E-state index < -0.39 is 0 Å². The highest BCUT2D eigenvalue weighted by Gasteiger charge is 2.35. The monoisotopic (exact) mass is 224 g/mol. The summed E-state index contributed by atoms with van der Waals surface area (Å²) in [6.45, 7) is 5.36. The van der Waals surface area contributed by atoms with E-state index in [-0.39, 0.29) is 0 Å². The van der Waals surface area contributed by atoms with E-state index in [0.29, 0.717) is 6.04 Å². The smallest absolute Gasteiger partial charge is 0.0632 e. The highest BCUT2D eigenvalue weighted by molar-refractivity contribution is 4.91. The summed E-state index contributed by atoms with van der Waals surface area (Å²) in [4.78, 5) is 2.74. The molecule has 0 bridgehead atoms. The molecule has 3 heteroatoms. The zero-order valence-electron chi connectivity index (χ0n) is 10.2. The predicted molar refractivity (Wildman–Crippen MR) is 64.5 cm³/mol. The van der Waals surface area contributed by atoms with Crippen molar-refractivity contribution in [3.05, 3.63) is 0 Å². The van der Waals surface area contributed by atoms with Crippen molar-refractivity contribution < 1.29 is 4.74 Å². The third-order valence-corrected chi connectivity index (χ3v) is 4.56. The number of likely N-dealkylation sites (tertiary alicyclic amines) is 1. The van der Waals surface area contributed by atoms with Gasteiger partial charge in [0.05, 0.1) is 13.2 Å². The zero-order chi connectivity index (χ0) is 10.8. The standard InChI is InChI=1S/C13H24N2O/c1-3-11-4-2-7-15(13(11)5-1)9-12-10-16-8-6-14-12/h11-14H,1-10H2. The Bertz CT molecular complexity index is 228. The average Bonchev–Trinajstić information content (AvgIpc) is 2.80. The van der Waals surface area contributed by atoms with Crippen LogP contribution >= 0.6 is 0 Å². The third-order valence-electron chi connectivity index (χ3n) is 4.56. The quantitative estimate of drug-likeness (QED) is 0.764. The lowest BCUT2D eigenvalue weighted by atomic mass is 9.91. The Morgan fingerprint density at radius 1 is 1.19 bits per heavy atom. The third kappa shape index (κ3) is 2.27. The maximum absolute atomic E-state index is 5.55. The molecule has 2 heterocycles. The second-order valence-electron chi connectivity index (χ2n) is 5.62. The van der Waals surface area contributed by atoms with Gasteiger partial charge < -0.3 is 10.1 Å². The van der Waals surface area contributed by atoms with E-state index in [4.69, 9.17) is 4.74 Å². The minimum Gasteiger partial charge on any atom is -0.378 e. The van der Waals surface area contributed by atoms with E-state index in [9.17, 15) is 0 Å². The van der Waals surface area contributed by atoms with Crippen LogP contribution in [0, 0.1) is 5.92 Å². The number of piperidine rings is 1. The first-order chi connectivity index (χ1) is 7.93. The van der Waals surface area contributed by atoms with Gasteiger partial charge in [-0.1, -0.05) is 6.42 Å². The molecule has 0 spiro atoms. The lowest BCUT2D eigenvalue weighted by Gasteiger charge is -2.40. The molecule has 3 atom stereocenters. The summed E-state index contributed by atoms with van der Waals surface area (Å²) in [5.74, 6) is 1.01. The number of fused-ring (bicyclic) bond motifs is 1. The van der Waals surface area contributed by atoms with E-state index >= 15 is 0 Å². The summed E-state index contributed by atoms with van der Waals surface area (Å²) in [6, 6.07) is 1.48. The number of nitrogens with one attached hydrogen (secondary N) is 1. The first kappa shape index (κ1) is 11.0. The second-order valence-corrected chi connectivity index (χ2v) is 5.62. The van der Waals surface area contributed by atoms with Gasteiger partial charge in [-0.3, -0.25) is 4.90 Å². The van der Waals surface area contributed by atoms with Gasteiger partial charge in [-0.15, -0.1) is 0 Å². The Labute approximate surface area is 98.5 Å². The van der Waals surface area contributed by atoms with E-state index in [0.717, 1.165) is 31.7 Å². The molecule has 92 valence electrons. The molecule has 0 radical (unpaired) electrons. The number of hydrogen-bond donors (Lipinski definition) is 1. The highest BCUT2D eigenvalue weighted by atomic mass is 16.5. The molecule has 3 aliphatic rings. The van der Waals surface area contributed by atoms with Crippen molar-refractivity contribution in [3.8, 4) is 0 Å². The maximum atomic E-state index is 5.55. The fourth-order valence-corrected chi connectivity index (χ4v) is 3.80. The van der Waals surface area contributed by atoms with Gasteiger partial charge in [0.1, 0.15) is 0 Å². The van der Waals surface area contributed by atoms with Crippen LogP contribution in [0.2, 0.25) is 0 Å². The summed E-state index contributed by atoms with van der Waals surface area (Å²) in [6.07, 6.45) is 7.28. The van der Waals surface area contributed by atoms with Crippen molar-refractivity contribution >= 4 is 0 Å². The Kier molecular flexibility index (Phi) is 3.46. The van der Waals surface area contributed by atoms with Crippen LogP contribution in [0.1, 0.15) is 32.1 Å². The van der Waals surface area contributed by atoms with Gasteiger partial charge in [0, 0.05) is 25.2 Å². The molecule has 0 aromatic carbocycles. The predicted octanol–water partition coefficient (Wildman–Crippen LogP) is 1.24. The molecule has 3 nitrogen and oxygen atoms in total. The summed E-state index contributed by atoms with van der Waals surface area (Å²) < 4.78 is 5.55. The van der Waals surface area contributed by atoms with E-state index in [1.54, 1.807) is 0 Å². The molecule has 2 saturated heterocycles. The number of morpholine rings is 1. The molecule has 3 rings (SSSR count). The molecule has 3 unspecified atom stereocenters. The normalized spacial score (nSPS) is 40.9. The average molecular weight is 224 g/mol. The van der Waals surface area contributed by atoms with Crippen LogP contribution < -0.4 is 5.32 Å². The molecule has 0 amide bonds. The summed E-state index contributed by atoms with van der Waals surface area (Å²) in [5.41, 5.74) is 0. The molecular weight excluding hydrogens is 200 g/mol. The molecule has 1 N–H and O–H groups in total. The first-order valence-corrected chi connectivity index (χ1v) is 6.98. The van der Waals surface area contributed by atoms with Crippen LogP contribution in [0.15, 0.2) is 0 Å². The molecule has 2 aliphatic heterocycles. The zero-order valence-corrected chi connectivity index (χ0v) is 10.2. The van der Waals surface area contributed by atoms with Crippen LogP contribution in [-0.4, -0.2) is 49.8 Å². The van der Waals surface area contributed by atoms with Crippen molar-refractivity contribution in [1.29, 1.82) is 0 Å². The van der Waals surface area contributed by atoms with E-state index in [1.165, 1.54) is 45.2 Å². The Hall–Kier alpha value is -0.120. The van der Waals surface area contributed by atoms with Crippen molar-refractivity contribution in [1.82, 2.24) is 10.2 Å². The number of nitrogens with zero attached hydrogens (tertiary/aromatic N) is 1. The first-order valence-electron chi connectivity index (χ1n) is 6.98. The lowest BCUT2D eigenvalue weighted by molar-refractivity contribution is 0.0390. The van der Waals surface area contributed by atoms with Gasteiger partial charge in [-0.2, -0.15) is 0 Å². The SMILES string of the molecule is C1CC2CCCN(CC3COCCN3)C2C1. The van der Waals surface area contributed by atoms with Crippen molar-refractivity contribution in [2.75, 3.05) is 32.8 Å². The fraction of sp³-hybridized carbons (Fsp3) is 1.00. The summed E-state index contributed by atoms with van der Waals surface area (Å²) in [5, 5.41) is 3.58. The van der Waals surface area contributed by atoms with Gasteiger partial charge in [0.15, 0.2) is 0 Å². The topological polar surface area (TPSA) is 24.5 Å². The van der Waals surface area contributed by atoms with E-state index in [2.05, 4.69) is 10.2 Å². The highest BCUT2D eigenvalue weighted by Crippen LogP contribution is 2.36. The fourth-order valence-electron chi connectivity index (χ4n) is 3.80. The molecule has 3 fully saturated rings. The van der Waals surface area contributed by atoms with Gasteiger partial charge in [0.25, 0.3) is 0 Å². The minimum atomic E-state index is 0.577. The van der Waals surface area contributed by atoms with Gasteiger partial charge in [-0.25, -0.2) is 0 Å². The van der Waals surface area contributed by atoms with Crippen molar-refractivity contribution in [3.63, 3.8) is 0 Å². The van der Waals surface area contributed by atoms with Crippen LogP contribution in [0.25, 0.3) is 0 Å². The van der Waals surface area contributed by atoms with Crippen LogP contribution in [0.3, 0.4) is 0 Å². The summed E-state index contributed by atoms with van der Waals surface area (Å²) >= 11 is 0. The maximum Gasteiger partial charge on any atom is 0.0632 e. The lowest BCUT2D eigenvalue weighted by Crippen LogP contribution is -2.53. The van der Waals surface area contributed by atoms with Gasteiger partial charge in [0.2, 0.25) is 0 Å². The number of hydrogen-bond acceptors (Lipinski definition) is 3. The molecular formula is C13H24N2O. The molecule has 1 saturated carbocycles.